The van der Waals surface area contributed by atoms with Crippen molar-refractivity contribution in [3.05, 3.63) is 23.8 Å². The zero-order chi connectivity index (χ0) is 14.3. The second kappa shape index (κ2) is 7.10. The number of benzene rings is 1. The summed E-state index contributed by atoms with van der Waals surface area (Å²) in [6.45, 7) is -0.542. The van der Waals surface area contributed by atoms with Gasteiger partial charge in [-0.05, 0) is 18.2 Å². The Morgan fingerprint density at radius 3 is 2.58 bits per heavy atom. The predicted molar refractivity (Wildman–Crippen MR) is 65.4 cm³/mol. The van der Waals surface area contributed by atoms with E-state index in [4.69, 9.17) is 19.3 Å². The molecule has 1 amide bonds. The third-order valence-corrected chi connectivity index (χ3v) is 2.23. The number of hydrogen-bond acceptors (Lipinski definition) is 5. The van der Waals surface area contributed by atoms with Crippen molar-refractivity contribution in [1.82, 2.24) is 5.32 Å². The van der Waals surface area contributed by atoms with E-state index in [0.29, 0.717) is 17.1 Å². The van der Waals surface area contributed by atoms with E-state index in [1.807, 2.05) is 0 Å². The molecule has 2 N–H and O–H groups in total. The van der Waals surface area contributed by atoms with Crippen LogP contribution in [0.5, 0.6) is 11.5 Å². The van der Waals surface area contributed by atoms with Gasteiger partial charge in [0.15, 0.2) is 0 Å². The molecule has 19 heavy (non-hydrogen) atoms. The van der Waals surface area contributed by atoms with Gasteiger partial charge < -0.3 is 24.6 Å². The number of carboxylic acids is 1. The molecule has 0 saturated heterocycles. The van der Waals surface area contributed by atoms with E-state index in [-0.39, 0.29) is 6.61 Å². The van der Waals surface area contributed by atoms with Gasteiger partial charge in [0.05, 0.1) is 14.2 Å². The van der Waals surface area contributed by atoms with Gasteiger partial charge in [-0.2, -0.15) is 0 Å². The van der Waals surface area contributed by atoms with E-state index in [9.17, 15) is 9.59 Å². The summed E-state index contributed by atoms with van der Waals surface area (Å²) in [4.78, 5) is 21.5. The first-order chi connectivity index (χ1) is 9.06. The van der Waals surface area contributed by atoms with Crippen molar-refractivity contribution in [1.29, 1.82) is 0 Å². The number of methoxy groups -OCH3 is 2. The van der Waals surface area contributed by atoms with Gasteiger partial charge in [-0.1, -0.05) is 0 Å². The summed E-state index contributed by atoms with van der Waals surface area (Å²) in [7, 11) is 3.02. The molecule has 0 bridgehead atoms. The fourth-order valence-corrected chi connectivity index (χ4v) is 1.34. The molecule has 0 spiro atoms. The normalized spacial score (nSPS) is 9.58. The van der Waals surface area contributed by atoms with Crippen molar-refractivity contribution < 1.29 is 28.9 Å². The summed E-state index contributed by atoms with van der Waals surface area (Å²) < 4.78 is 15.0. The number of aliphatic carboxylic acids is 1. The molecule has 0 unspecified atom stereocenters. The summed E-state index contributed by atoms with van der Waals surface area (Å²) in [5, 5.41) is 10.5. The molecule has 0 aliphatic rings. The summed E-state index contributed by atoms with van der Waals surface area (Å²) in [6, 6.07) is 5.07. The van der Waals surface area contributed by atoms with Crippen LogP contribution in [-0.4, -0.2) is 37.9 Å². The molecular weight excluding hydrogens is 254 g/mol. The minimum atomic E-state index is -1.14. The lowest BCUT2D eigenvalue weighted by molar-refractivity contribution is -0.135. The first-order valence-corrected chi connectivity index (χ1v) is 5.40. The van der Waals surface area contributed by atoms with Gasteiger partial charge in [-0.3, -0.25) is 4.79 Å². The summed E-state index contributed by atoms with van der Waals surface area (Å²) >= 11 is 0. The van der Waals surface area contributed by atoms with Crippen molar-refractivity contribution >= 4 is 12.1 Å². The summed E-state index contributed by atoms with van der Waals surface area (Å²) in [5.74, 6) is 0.00749. The van der Waals surface area contributed by atoms with Crippen LogP contribution in [0.4, 0.5) is 4.79 Å². The van der Waals surface area contributed by atoms with Crippen LogP contribution in [0, 0.1) is 0 Å². The van der Waals surface area contributed by atoms with Crippen molar-refractivity contribution in [2.75, 3.05) is 20.8 Å². The molecule has 7 nitrogen and oxygen atoms in total. The first kappa shape index (κ1) is 14.6. The monoisotopic (exact) mass is 269 g/mol. The molecule has 1 aromatic carbocycles. The van der Waals surface area contributed by atoms with Crippen LogP contribution in [0.1, 0.15) is 5.56 Å². The quantitative estimate of drug-likeness (QED) is 0.800. The highest BCUT2D eigenvalue weighted by atomic mass is 16.5. The number of ether oxygens (including phenoxy) is 3. The predicted octanol–water partition coefficient (Wildman–Crippen LogP) is 1.01. The molecule has 0 heterocycles. The Labute approximate surface area is 110 Å². The molecular formula is C12H15NO6. The second-order valence-corrected chi connectivity index (χ2v) is 3.50. The highest BCUT2D eigenvalue weighted by Gasteiger charge is 2.09. The third-order valence-electron chi connectivity index (χ3n) is 2.23. The van der Waals surface area contributed by atoms with Gasteiger partial charge in [0.1, 0.15) is 24.7 Å². The average Bonchev–Trinajstić information content (AvgIpc) is 2.42. The lowest BCUT2D eigenvalue weighted by Crippen LogP contribution is -2.29. The van der Waals surface area contributed by atoms with Crippen LogP contribution in [-0.2, 0) is 16.1 Å². The zero-order valence-corrected chi connectivity index (χ0v) is 10.6. The molecule has 0 saturated carbocycles. The van der Waals surface area contributed by atoms with E-state index < -0.39 is 18.6 Å². The molecule has 7 heteroatoms. The van der Waals surface area contributed by atoms with Gasteiger partial charge in [-0.15, -0.1) is 0 Å². The van der Waals surface area contributed by atoms with Crippen molar-refractivity contribution in [2.45, 2.75) is 6.61 Å². The number of carboxylic acid groups (broad SMARTS) is 1. The van der Waals surface area contributed by atoms with E-state index >= 15 is 0 Å². The van der Waals surface area contributed by atoms with Gasteiger partial charge in [0.2, 0.25) is 0 Å². The fourth-order valence-electron chi connectivity index (χ4n) is 1.34. The molecule has 0 fully saturated rings. The number of alkyl carbamates (subject to hydrolysis) is 1. The fraction of sp³-hybridized carbons (Fsp3) is 0.333. The Morgan fingerprint density at radius 2 is 2.00 bits per heavy atom. The number of carbonyl (C=O) groups excluding carboxylic acids is 1. The Hall–Kier alpha value is -2.44. The van der Waals surface area contributed by atoms with Gasteiger partial charge >= 0.3 is 12.1 Å². The van der Waals surface area contributed by atoms with Crippen molar-refractivity contribution in [3.8, 4) is 11.5 Å². The number of rotatable bonds is 6. The molecule has 0 aromatic heterocycles. The van der Waals surface area contributed by atoms with Gasteiger partial charge in [0, 0.05) is 5.56 Å². The minimum absolute atomic E-state index is 0.0498. The molecule has 104 valence electrons. The van der Waals surface area contributed by atoms with E-state index in [1.54, 1.807) is 18.2 Å². The number of nitrogens with one attached hydrogen (secondary N) is 1. The number of hydrogen-bond donors (Lipinski definition) is 2. The summed E-state index contributed by atoms with van der Waals surface area (Å²) in [5.41, 5.74) is 0.618. The number of amides is 1. The molecule has 1 aromatic rings. The van der Waals surface area contributed by atoms with Crippen LogP contribution in [0.25, 0.3) is 0 Å². The zero-order valence-electron chi connectivity index (χ0n) is 10.6. The maximum absolute atomic E-state index is 11.2. The minimum Gasteiger partial charge on any atom is -0.497 e. The Morgan fingerprint density at radius 1 is 1.26 bits per heavy atom. The average molecular weight is 269 g/mol. The van der Waals surface area contributed by atoms with E-state index in [1.165, 1.54) is 14.2 Å². The molecule has 0 atom stereocenters. The molecule has 1 rings (SSSR count). The third kappa shape index (κ3) is 4.74. The first-order valence-electron chi connectivity index (χ1n) is 5.40. The van der Waals surface area contributed by atoms with E-state index in [0.717, 1.165) is 0 Å². The van der Waals surface area contributed by atoms with Crippen LogP contribution < -0.4 is 14.8 Å². The Balaban J connectivity index is 2.60. The highest BCUT2D eigenvalue weighted by Crippen LogP contribution is 2.24. The lowest BCUT2D eigenvalue weighted by atomic mass is 10.2. The van der Waals surface area contributed by atoms with Crippen LogP contribution >= 0.6 is 0 Å². The summed E-state index contributed by atoms with van der Waals surface area (Å²) in [6.07, 6.45) is -0.813. The molecule has 0 aliphatic carbocycles. The smallest absolute Gasteiger partial charge is 0.407 e. The topological polar surface area (TPSA) is 94.1 Å². The maximum Gasteiger partial charge on any atom is 0.407 e. The van der Waals surface area contributed by atoms with E-state index in [2.05, 4.69) is 5.32 Å². The maximum atomic E-state index is 11.2. The van der Waals surface area contributed by atoms with Gasteiger partial charge in [-0.25, -0.2) is 4.79 Å². The van der Waals surface area contributed by atoms with Crippen molar-refractivity contribution in [3.63, 3.8) is 0 Å². The lowest BCUT2D eigenvalue weighted by Gasteiger charge is -2.11. The highest BCUT2D eigenvalue weighted by molar-refractivity contribution is 5.76. The SMILES string of the molecule is COc1ccc(OC)c(COC(=O)NCC(=O)O)c1. The Kier molecular flexibility index (Phi) is 5.46. The largest absolute Gasteiger partial charge is 0.497 e. The second-order valence-electron chi connectivity index (χ2n) is 3.50. The Bertz CT molecular complexity index is 460. The van der Waals surface area contributed by atoms with Crippen LogP contribution in [0.15, 0.2) is 18.2 Å². The van der Waals surface area contributed by atoms with Crippen LogP contribution in [0.3, 0.4) is 0 Å². The van der Waals surface area contributed by atoms with Gasteiger partial charge in [0.25, 0.3) is 0 Å². The molecule has 0 aliphatic heterocycles. The molecule has 0 radical (unpaired) electrons. The standard InChI is InChI=1S/C12H15NO6/c1-17-9-3-4-10(18-2)8(5-9)7-19-12(16)13-6-11(14)15/h3-5H,6-7H2,1-2H3,(H,13,16)(H,14,15). The van der Waals surface area contributed by atoms with Crippen LogP contribution in [0.2, 0.25) is 0 Å². The van der Waals surface area contributed by atoms with Crippen molar-refractivity contribution in [2.24, 2.45) is 0 Å². The number of carbonyl (C=O) groups is 2.